The number of nitrogens with zero attached hydrogens (tertiary/aromatic N) is 2. The SMILES string of the molecule is CC(=O)c1cccc(N(CC(=O)N(Cc2ccc(Cl)c(Cl)c2)[C@H](C)C(=O)NC2CCCC2)S(C)(=O)=O)c1. The van der Waals surface area contributed by atoms with E-state index in [-0.39, 0.29) is 30.0 Å². The molecule has 0 aliphatic heterocycles. The van der Waals surface area contributed by atoms with Gasteiger partial charge >= 0.3 is 0 Å². The molecular formula is C26H31Cl2N3O5S. The summed E-state index contributed by atoms with van der Waals surface area (Å²) in [5.41, 5.74) is 1.13. The highest BCUT2D eigenvalue weighted by Gasteiger charge is 2.31. The van der Waals surface area contributed by atoms with E-state index in [2.05, 4.69) is 5.32 Å². The van der Waals surface area contributed by atoms with Gasteiger partial charge in [-0.25, -0.2) is 8.42 Å². The zero-order valence-electron chi connectivity index (χ0n) is 21.0. The lowest BCUT2D eigenvalue weighted by atomic mass is 10.1. The van der Waals surface area contributed by atoms with Crippen LogP contribution in [0.25, 0.3) is 0 Å². The number of carbonyl (C=O) groups is 3. The van der Waals surface area contributed by atoms with Crippen molar-refractivity contribution in [1.82, 2.24) is 10.2 Å². The second kappa shape index (κ2) is 12.3. The summed E-state index contributed by atoms with van der Waals surface area (Å²) in [5, 5.41) is 3.66. The molecule has 0 saturated heterocycles. The molecule has 37 heavy (non-hydrogen) atoms. The second-order valence-corrected chi connectivity index (χ2v) is 12.0. The first-order chi connectivity index (χ1) is 17.4. The third kappa shape index (κ3) is 7.69. The summed E-state index contributed by atoms with van der Waals surface area (Å²) in [6, 6.07) is 10.1. The van der Waals surface area contributed by atoms with Crippen LogP contribution in [0.15, 0.2) is 42.5 Å². The van der Waals surface area contributed by atoms with Gasteiger partial charge in [0.1, 0.15) is 12.6 Å². The van der Waals surface area contributed by atoms with Crippen molar-refractivity contribution in [3.05, 3.63) is 63.6 Å². The van der Waals surface area contributed by atoms with Gasteiger partial charge in [-0.1, -0.05) is 54.2 Å². The van der Waals surface area contributed by atoms with Gasteiger partial charge in [0.25, 0.3) is 0 Å². The maximum Gasteiger partial charge on any atom is 0.244 e. The Morgan fingerprint density at radius 1 is 1.05 bits per heavy atom. The predicted octanol–water partition coefficient (Wildman–Crippen LogP) is 4.44. The van der Waals surface area contributed by atoms with E-state index < -0.39 is 28.5 Å². The largest absolute Gasteiger partial charge is 0.352 e. The van der Waals surface area contributed by atoms with Crippen molar-refractivity contribution < 1.29 is 22.8 Å². The normalized spacial score (nSPS) is 14.7. The number of hydrogen-bond acceptors (Lipinski definition) is 5. The number of Topliss-reactive ketones (excluding diaryl/α,β-unsaturated/α-hetero) is 1. The molecule has 0 spiro atoms. The second-order valence-electron chi connectivity index (χ2n) is 9.31. The summed E-state index contributed by atoms with van der Waals surface area (Å²) in [7, 11) is -3.90. The average Bonchev–Trinajstić information content (AvgIpc) is 3.35. The number of nitrogens with one attached hydrogen (secondary N) is 1. The number of halogens is 2. The van der Waals surface area contributed by atoms with Crippen LogP contribution in [0.3, 0.4) is 0 Å². The highest BCUT2D eigenvalue weighted by molar-refractivity contribution is 7.92. The number of carbonyl (C=O) groups excluding carboxylic acids is 3. The molecule has 11 heteroatoms. The molecule has 2 aromatic carbocycles. The van der Waals surface area contributed by atoms with Crippen molar-refractivity contribution in [3.63, 3.8) is 0 Å². The van der Waals surface area contributed by atoms with Gasteiger partial charge in [0, 0.05) is 18.2 Å². The van der Waals surface area contributed by atoms with Crippen molar-refractivity contribution >= 4 is 56.5 Å². The first-order valence-corrected chi connectivity index (χ1v) is 14.6. The summed E-state index contributed by atoms with van der Waals surface area (Å²) < 4.78 is 26.3. The van der Waals surface area contributed by atoms with E-state index in [1.165, 1.54) is 24.0 Å². The monoisotopic (exact) mass is 567 g/mol. The number of amides is 2. The number of benzene rings is 2. The van der Waals surface area contributed by atoms with Gasteiger partial charge in [-0.3, -0.25) is 18.7 Å². The molecule has 200 valence electrons. The van der Waals surface area contributed by atoms with Gasteiger partial charge in [-0.2, -0.15) is 0 Å². The van der Waals surface area contributed by atoms with E-state index in [4.69, 9.17) is 23.2 Å². The highest BCUT2D eigenvalue weighted by atomic mass is 35.5. The van der Waals surface area contributed by atoms with Crippen LogP contribution in [0.2, 0.25) is 10.0 Å². The molecule has 8 nitrogen and oxygen atoms in total. The van der Waals surface area contributed by atoms with E-state index in [0.717, 1.165) is 36.2 Å². The third-order valence-electron chi connectivity index (χ3n) is 6.43. The van der Waals surface area contributed by atoms with Crippen LogP contribution < -0.4 is 9.62 Å². The van der Waals surface area contributed by atoms with E-state index in [1.54, 1.807) is 37.3 Å². The Bertz CT molecular complexity index is 1280. The van der Waals surface area contributed by atoms with Crippen molar-refractivity contribution in [2.75, 3.05) is 17.1 Å². The summed E-state index contributed by atoms with van der Waals surface area (Å²) in [6.45, 7) is 2.45. The van der Waals surface area contributed by atoms with Crippen LogP contribution in [-0.2, 0) is 26.2 Å². The first-order valence-electron chi connectivity index (χ1n) is 12.0. The van der Waals surface area contributed by atoms with Gasteiger partial charge in [0.15, 0.2) is 5.78 Å². The lowest BCUT2D eigenvalue weighted by Gasteiger charge is -2.32. The smallest absolute Gasteiger partial charge is 0.244 e. The van der Waals surface area contributed by atoms with E-state index >= 15 is 0 Å². The highest BCUT2D eigenvalue weighted by Crippen LogP contribution is 2.25. The number of hydrogen-bond donors (Lipinski definition) is 1. The molecule has 0 unspecified atom stereocenters. The molecule has 0 bridgehead atoms. The van der Waals surface area contributed by atoms with Gasteiger partial charge in [0.2, 0.25) is 21.8 Å². The van der Waals surface area contributed by atoms with Crippen LogP contribution in [-0.4, -0.2) is 55.8 Å². The zero-order valence-corrected chi connectivity index (χ0v) is 23.4. The lowest BCUT2D eigenvalue weighted by Crippen LogP contribution is -2.52. The summed E-state index contributed by atoms with van der Waals surface area (Å²) >= 11 is 12.2. The molecule has 1 aliphatic rings. The Balaban J connectivity index is 1.92. The summed E-state index contributed by atoms with van der Waals surface area (Å²) in [6.07, 6.45) is 4.82. The molecule has 3 rings (SSSR count). The number of rotatable bonds is 10. The third-order valence-corrected chi connectivity index (χ3v) is 8.31. The fourth-order valence-corrected chi connectivity index (χ4v) is 5.47. The van der Waals surface area contributed by atoms with Crippen LogP contribution >= 0.6 is 23.2 Å². The van der Waals surface area contributed by atoms with E-state index in [0.29, 0.717) is 21.2 Å². The maximum atomic E-state index is 13.6. The van der Waals surface area contributed by atoms with Crippen LogP contribution in [0, 0.1) is 0 Å². The fraction of sp³-hybridized carbons (Fsp3) is 0.423. The van der Waals surface area contributed by atoms with Gasteiger partial charge in [-0.05, 0) is 56.5 Å². The van der Waals surface area contributed by atoms with Gasteiger partial charge in [0.05, 0.1) is 22.0 Å². The number of ketones is 1. The van der Waals surface area contributed by atoms with Crippen molar-refractivity contribution in [2.45, 2.75) is 58.2 Å². The van der Waals surface area contributed by atoms with Crippen LogP contribution in [0.4, 0.5) is 5.69 Å². The van der Waals surface area contributed by atoms with Crippen LogP contribution in [0.5, 0.6) is 0 Å². The Labute approximate surface area is 228 Å². The van der Waals surface area contributed by atoms with Crippen molar-refractivity contribution in [3.8, 4) is 0 Å². The zero-order chi connectivity index (χ0) is 27.3. The average molecular weight is 569 g/mol. The number of sulfonamides is 1. The molecule has 2 amide bonds. The Morgan fingerprint density at radius 2 is 1.73 bits per heavy atom. The molecule has 1 N–H and O–H groups in total. The van der Waals surface area contributed by atoms with Crippen LogP contribution in [0.1, 0.15) is 55.5 Å². The molecule has 0 heterocycles. The topological polar surface area (TPSA) is 104 Å². The molecule has 1 atom stereocenters. The van der Waals surface area contributed by atoms with Gasteiger partial charge in [-0.15, -0.1) is 0 Å². The van der Waals surface area contributed by atoms with Gasteiger partial charge < -0.3 is 10.2 Å². The van der Waals surface area contributed by atoms with Crippen molar-refractivity contribution in [1.29, 1.82) is 0 Å². The van der Waals surface area contributed by atoms with E-state index in [9.17, 15) is 22.8 Å². The standard InChI is InChI=1S/C26H31Cl2N3O5S/c1-17(26(34)29-21-8-4-5-9-21)30(15-19-11-12-23(27)24(28)13-19)25(33)16-31(37(3,35)36)22-10-6-7-20(14-22)18(2)32/h6-7,10-14,17,21H,4-5,8-9,15-16H2,1-3H3,(H,29,34)/t17-/m1/s1. The lowest BCUT2D eigenvalue weighted by molar-refractivity contribution is -0.139. The Hall–Kier alpha value is -2.62. The minimum Gasteiger partial charge on any atom is -0.352 e. The molecule has 1 aliphatic carbocycles. The predicted molar refractivity (Wildman–Crippen MR) is 146 cm³/mol. The quantitative estimate of drug-likeness (QED) is 0.427. The fourth-order valence-electron chi connectivity index (χ4n) is 4.30. The summed E-state index contributed by atoms with van der Waals surface area (Å²) in [4.78, 5) is 39.9. The maximum absolute atomic E-state index is 13.6. The Kier molecular flexibility index (Phi) is 9.61. The molecular weight excluding hydrogens is 537 g/mol. The molecule has 0 aromatic heterocycles. The first kappa shape index (κ1) is 28.9. The summed E-state index contributed by atoms with van der Waals surface area (Å²) in [5.74, 6) is -1.14. The minimum atomic E-state index is -3.90. The molecule has 1 fully saturated rings. The molecule has 2 aromatic rings. The molecule has 1 saturated carbocycles. The Morgan fingerprint density at radius 3 is 2.32 bits per heavy atom. The number of anilines is 1. The van der Waals surface area contributed by atoms with Crippen molar-refractivity contribution in [2.24, 2.45) is 0 Å². The minimum absolute atomic E-state index is 0.0140. The van der Waals surface area contributed by atoms with E-state index in [1.807, 2.05) is 0 Å². The molecule has 0 radical (unpaired) electrons.